The Bertz CT molecular complexity index is 1380. The van der Waals surface area contributed by atoms with Crippen molar-refractivity contribution >= 4 is 39.1 Å². The van der Waals surface area contributed by atoms with Gasteiger partial charge in [-0.05, 0) is 67.4 Å². The molecule has 0 spiro atoms. The molecule has 0 bridgehead atoms. The second-order valence-electron chi connectivity index (χ2n) is 7.93. The van der Waals surface area contributed by atoms with Crippen molar-refractivity contribution in [2.75, 3.05) is 12.4 Å². The Balaban J connectivity index is 1.62. The lowest BCUT2D eigenvalue weighted by atomic mass is 10.2. The normalized spacial score (nSPS) is 15.7. The molecular formula is C25H23ClN2O6S. The molecule has 10 heteroatoms. The number of hydrogen-bond donors (Lipinski definition) is 1. The topological polar surface area (TPSA) is 102 Å². The molecule has 0 aliphatic carbocycles. The zero-order chi connectivity index (χ0) is 25.2. The molecule has 0 saturated carbocycles. The third-order valence-corrected chi connectivity index (χ3v) is 7.62. The van der Waals surface area contributed by atoms with Crippen LogP contribution in [0, 0.1) is 6.92 Å². The fourth-order valence-electron chi connectivity index (χ4n) is 3.85. The van der Waals surface area contributed by atoms with Gasteiger partial charge in [-0.3, -0.25) is 9.59 Å². The number of sulfonamides is 1. The SMILES string of the molecule is COc1ccc(S(=O)(=O)N2C(=O)CC[C@H]2C(=O)Nc2cc(Cl)ccc2Oc2ccccc2)cc1C. The van der Waals surface area contributed by atoms with E-state index in [2.05, 4.69) is 5.32 Å². The lowest BCUT2D eigenvalue weighted by Gasteiger charge is -2.24. The molecule has 1 atom stereocenters. The predicted molar refractivity (Wildman–Crippen MR) is 131 cm³/mol. The highest BCUT2D eigenvalue weighted by Crippen LogP contribution is 2.34. The lowest BCUT2D eigenvalue weighted by Crippen LogP contribution is -2.45. The van der Waals surface area contributed by atoms with Crippen LogP contribution in [0.3, 0.4) is 0 Å². The summed E-state index contributed by atoms with van der Waals surface area (Å²) in [6.07, 6.45) is -0.0240. The molecular weight excluding hydrogens is 492 g/mol. The van der Waals surface area contributed by atoms with Crippen LogP contribution in [0.25, 0.3) is 0 Å². The van der Waals surface area contributed by atoms with Gasteiger partial charge in [-0.25, -0.2) is 12.7 Å². The van der Waals surface area contributed by atoms with Crippen molar-refractivity contribution in [2.24, 2.45) is 0 Å². The Morgan fingerprint density at radius 2 is 1.77 bits per heavy atom. The number of halogens is 1. The monoisotopic (exact) mass is 514 g/mol. The van der Waals surface area contributed by atoms with Crippen LogP contribution in [0.2, 0.25) is 5.02 Å². The van der Waals surface area contributed by atoms with E-state index in [1.807, 2.05) is 6.07 Å². The predicted octanol–water partition coefficient (Wildman–Crippen LogP) is 4.77. The van der Waals surface area contributed by atoms with Crippen LogP contribution in [0.1, 0.15) is 18.4 Å². The molecule has 1 saturated heterocycles. The summed E-state index contributed by atoms with van der Waals surface area (Å²) < 4.78 is 38.4. The average Bonchev–Trinajstić information content (AvgIpc) is 3.24. The number of amides is 2. The molecule has 1 N–H and O–H groups in total. The van der Waals surface area contributed by atoms with Gasteiger partial charge in [0.05, 0.1) is 17.7 Å². The zero-order valence-electron chi connectivity index (χ0n) is 19.0. The molecule has 0 radical (unpaired) electrons. The van der Waals surface area contributed by atoms with Crippen LogP contribution < -0.4 is 14.8 Å². The first kappa shape index (κ1) is 24.6. The van der Waals surface area contributed by atoms with Gasteiger partial charge >= 0.3 is 0 Å². The van der Waals surface area contributed by atoms with E-state index in [9.17, 15) is 18.0 Å². The minimum atomic E-state index is -4.28. The van der Waals surface area contributed by atoms with E-state index in [4.69, 9.17) is 21.1 Å². The smallest absolute Gasteiger partial charge is 0.267 e. The Kier molecular flexibility index (Phi) is 7.00. The third-order valence-electron chi connectivity index (χ3n) is 5.56. The van der Waals surface area contributed by atoms with E-state index in [-0.39, 0.29) is 23.4 Å². The summed E-state index contributed by atoms with van der Waals surface area (Å²) in [6, 6.07) is 16.7. The van der Waals surface area contributed by atoms with E-state index in [0.29, 0.717) is 32.1 Å². The van der Waals surface area contributed by atoms with Crippen molar-refractivity contribution in [3.63, 3.8) is 0 Å². The largest absolute Gasteiger partial charge is 0.496 e. The second kappa shape index (κ2) is 9.97. The summed E-state index contributed by atoms with van der Waals surface area (Å²) in [7, 11) is -2.80. The number of nitrogens with zero attached hydrogens (tertiary/aromatic N) is 1. The number of aryl methyl sites for hydroxylation is 1. The quantitative estimate of drug-likeness (QED) is 0.487. The first-order valence-corrected chi connectivity index (χ1v) is 12.6. The Morgan fingerprint density at radius 3 is 2.46 bits per heavy atom. The molecule has 3 aromatic rings. The lowest BCUT2D eigenvalue weighted by molar-refractivity contribution is -0.128. The summed E-state index contributed by atoms with van der Waals surface area (Å²) in [6.45, 7) is 1.70. The number of hydrogen-bond acceptors (Lipinski definition) is 6. The molecule has 4 rings (SSSR count). The fraction of sp³-hybridized carbons (Fsp3) is 0.200. The molecule has 1 fully saturated rings. The maximum Gasteiger partial charge on any atom is 0.267 e. The fourth-order valence-corrected chi connectivity index (χ4v) is 5.71. The zero-order valence-corrected chi connectivity index (χ0v) is 20.6. The standard InChI is InChI=1S/C25H23ClN2O6S/c1-16-14-19(9-12-22(16)33-2)35(31,32)28-21(10-13-24(28)29)25(30)27-20-15-17(26)8-11-23(20)34-18-6-4-3-5-7-18/h3-9,11-12,14-15,21H,10,13H2,1-2H3,(H,27,30)/t21-/m0/s1. The Labute approximate surface area is 208 Å². The van der Waals surface area contributed by atoms with Crippen molar-refractivity contribution in [3.8, 4) is 17.2 Å². The molecule has 3 aromatic carbocycles. The summed E-state index contributed by atoms with van der Waals surface area (Å²) in [5.41, 5.74) is 0.839. The molecule has 8 nitrogen and oxygen atoms in total. The minimum absolute atomic E-state index is 0.0501. The number of carbonyl (C=O) groups excluding carboxylic acids is 2. The molecule has 1 aliphatic heterocycles. The number of anilines is 1. The number of para-hydroxylation sites is 1. The van der Waals surface area contributed by atoms with Gasteiger partial charge in [-0.1, -0.05) is 29.8 Å². The summed E-state index contributed by atoms with van der Waals surface area (Å²) >= 11 is 6.13. The number of carbonyl (C=O) groups is 2. The maximum absolute atomic E-state index is 13.4. The molecule has 0 unspecified atom stereocenters. The van der Waals surface area contributed by atoms with Crippen molar-refractivity contribution in [1.29, 1.82) is 0 Å². The first-order chi connectivity index (χ1) is 16.7. The Morgan fingerprint density at radius 1 is 1.06 bits per heavy atom. The summed E-state index contributed by atoms with van der Waals surface area (Å²) in [5, 5.41) is 3.04. The van der Waals surface area contributed by atoms with Crippen molar-refractivity contribution in [3.05, 3.63) is 77.3 Å². The van der Waals surface area contributed by atoms with Crippen molar-refractivity contribution in [1.82, 2.24) is 4.31 Å². The van der Waals surface area contributed by atoms with Gasteiger partial charge < -0.3 is 14.8 Å². The van der Waals surface area contributed by atoms with Gasteiger partial charge in [0.2, 0.25) is 11.8 Å². The molecule has 1 aliphatic rings. The highest BCUT2D eigenvalue weighted by molar-refractivity contribution is 7.89. The van der Waals surface area contributed by atoms with Crippen LogP contribution >= 0.6 is 11.6 Å². The van der Waals surface area contributed by atoms with Gasteiger partial charge in [-0.2, -0.15) is 0 Å². The van der Waals surface area contributed by atoms with Gasteiger partial charge in [0, 0.05) is 11.4 Å². The molecule has 35 heavy (non-hydrogen) atoms. The van der Waals surface area contributed by atoms with E-state index >= 15 is 0 Å². The van der Waals surface area contributed by atoms with E-state index in [1.165, 1.54) is 31.4 Å². The number of nitrogens with one attached hydrogen (secondary N) is 1. The second-order valence-corrected chi connectivity index (χ2v) is 10.2. The maximum atomic E-state index is 13.4. The summed E-state index contributed by atoms with van der Waals surface area (Å²) in [5.74, 6) is 0.0621. The van der Waals surface area contributed by atoms with Gasteiger partial charge in [0.15, 0.2) is 5.75 Å². The van der Waals surface area contributed by atoms with E-state index < -0.39 is 27.9 Å². The average molecular weight is 515 g/mol. The highest BCUT2D eigenvalue weighted by atomic mass is 35.5. The summed E-state index contributed by atoms with van der Waals surface area (Å²) in [4.78, 5) is 25.8. The number of methoxy groups -OCH3 is 1. The van der Waals surface area contributed by atoms with Gasteiger partial charge in [0.1, 0.15) is 17.5 Å². The minimum Gasteiger partial charge on any atom is -0.496 e. The number of ether oxygens (including phenoxy) is 2. The first-order valence-electron chi connectivity index (χ1n) is 10.8. The van der Waals surface area contributed by atoms with Crippen molar-refractivity contribution < 1.29 is 27.5 Å². The molecule has 1 heterocycles. The van der Waals surface area contributed by atoms with Gasteiger partial charge in [-0.15, -0.1) is 0 Å². The van der Waals surface area contributed by atoms with E-state index in [1.54, 1.807) is 43.3 Å². The van der Waals surface area contributed by atoms with E-state index in [0.717, 1.165) is 0 Å². The molecule has 2 amide bonds. The number of benzene rings is 3. The van der Waals surface area contributed by atoms with Crippen LogP contribution in [0.4, 0.5) is 5.69 Å². The molecule has 182 valence electrons. The molecule has 0 aromatic heterocycles. The number of rotatable bonds is 7. The van der Waals surface area contributed by atoms with Crippen LogP contribution in [0.15, 0.2) is 71.6 Å². The van der Waals surface area contributed by atoms with Crippen LogP contribution in [0.5, 0.6) is 17.2 Å². The highest BCUT2D eigenvalue weighted by Gasteiger charge is 2.44. The Hall–Kier alpha value is -3.56. The van der Waals surface area contributed by atoms with Gasteiger partial charge in [0.25, 0.3) is 10.0 Å². The van der Waals surface area contributed by atoms with Crippen LogP contribution in [-0.4, -0.2) is 37.7 Å². The van der Waals surface area contributed by atoms with Crippen molar-refractivity contribution in [2.45, 2.75) is 30.7 Å². The third kappa shape index (κ3) is 5.11. The van der Waals surface area contributed by atoms with Crippen LogP contribution in [-0.2, 0) is 19.6 Å².